The predicted molar refractivity (Wildman–Crippen MR) is 135 cm³/mol. The third-order valence-electron chi connectivity index (χ3n) is 10.8. The first-order chi connectivity index (χ1) is 14.8. The highest BCUT2D eigenvalue weighted by Crippen LogP contribution is 2.68. The maximum absolute atomic E-state index is 13.0. The molecule has 0 heterocycles. The summed E-state index contributed by atoms with van der Waals surface area (Å²) in [5, 5.41) is 0. The van der Waals surface area contributed by atoms with Gasteiger partial charge in [0.2, 0.25) is 8.32 Å². The standard InChI is InChI=1S/C28H50O3Si/c1-18(2)32(19(3)4,20(5)6)31-26-15-22-13-12-21(7)24(11-10-14-29)28(22,9)25-16-23(30)17-27(25,26)8/h14,18-22,24-26H,10-13,15-17H2,1-9H3/t21-,22+,24+,25+,26+,27-,28+/m0/s1. The second-order valence-corrected chi connectivity index (χ2v) is 18.5. The van der Waals surface area contributed by atoms with Crippen molar-refractivity contribution in [1.82, 2.24) is 0 Å². The molecule has 7 atom stereocenters. The van der Waals surface area contributed by atoms with Gasteiger partial charge in [-0.15, -0.1) is 0 Å². The quantitative estimate of drug-likeness (QED) is 0.276. The average molecular weight is 463 g/mol. The monoisotopic (exact) mass is 462 g/mol. The Labute approximate surface area is 199 Å². The van der Waals surface area contributed by atoms with Crippen LogP contribution in [0.25, 0.3) is 0 Å². The average Bonchev–Trinajstić information content (AvgIpc) is 3.01. The zero-order valence-corrected chi connectivity index (χ0v) is 23.4. The van der Waals surface area contributed by atoms with Gasteiger partial charge in [0.05, 0.1) is 6.10 Å². The lowest BCUT2D eigenvalue weighted by Crippen LogP contribution is -2.62. The van der Waals surface area contributed by atoms with Gasteiger partial charge in [-0.1, -0.05) is 68.7 Å². The maximum Gasteiger partial charge on any atom is 0.200 e. The second kappa shape index (κ2) is 9.28. The molecular formula is C28H50O3Si. The van der Waals surface area contributed by atoms with Gasteiger partial charge in [-0.3, -0.25) is 4.79 Å². The van der Waals surface area contributed by atoms with Gasteiger partial charge in [-0.25, -0.2) is 0 Å². The summed E-state index contributed by atoms with van der Waals surface area (Å²) in [5.41, 5.74) is 1.74. The van der Waals surface area contributed by atoms with Crippen molar-refractivity contribution in [2.24, 2.45) is 34.5 Å². The Morgan fingerprint density at radius 2 is 1.66 bits per heavy atom. The molecule has 0 radical (unpaired) electrons. The van der Waals surface area contributed by atoms with Gasteiger partial charge in [0, 0.05) is 24.7 Å². The van der Waals surface area contributed by atoms with E-state index in [1.807, 2.05) is 0 Å². The van der Waals surface area contributed by atoms with Gasteiger partial charge >= 0.3 is 0 Å². The molecule has 3 aliphatic carbocycles. The topological polar surface area (TPSA) is 43.4 Å². The molecular weight excluding hydrogens is 412 g/mol. The Balaban J connectivity index is 2.05. The molecule has 3 nitrogen and oxygen atoms in total. The fourth-order valence-electron chi connectivity index (χ4n) is 9.36. The van der Waals surface area contributed by atoms with Crippen molar-refractivity contribution in [2.45, 2.75) is 130 Å². The minimum atomic E-state index is -2.03. The highest BCUT2D eigenvalue weighted by Gasteiger charge is 2.66. The third-order valence-corrected chi connectivity index (χ3v) is 16.9. The number of carbonyl (C=O) groups excluding carboxylic acids is 2. The predicted octanol–water partition coefficient (Wildman–Crippen LogP) is 7.58. The molecule has 4 heteroatoms. The number of rotatable bonds is 8. The van der Waals surface area contributed by atoms with Gasteiger partial charge in [-0.05, 0) is 65.0 Å². The number of aldehydes is 1. The van der Waals surface area contributed by atoms with E-state index in [2.05, 4.69) is 62.3 Å². The van der Waals surface area contributed by atoms with Gasteiger partial charge in [0.15, 0.2) is 0 Å². The summed E-state index contributed by atoms with van der Waals surface area (Å²) in [7, 11) is -2.03. The fourth-order valence-corrected chi connectivity index (χ4v) is 15.0. The first-order valence-corrected chi connectivity index (χ1v) is 15.6. The zero-order valence-electron chi connectivity index (χ0n) is 22.4. The minimum Gasteiger partial charge on any atom is -0.413 e. The van der Waals surface area contributed by atoms with Crippen LogP contribution >= 0.6 is 0 Å². The van der Waals surface area contributed by atoms with E-state index in [0.717, 1.165) is 19.1 Å². The van der Waals surface area contributed by atoms with Crippen molar-refractivity contribution in [1.29, 1.82) is 0 Å². The minimum absolute atomic E-state index is 0.0737. The van der Waals surface area contributed by atoms with Crippen LogP contribution in [0.4, 0.5) is 0 Å². The van der Waals surface area contributed by atoms with Crippen LogP contribution in [0.3, 0.4) is 0 Å². The van der Waals surface area contributed by atoms with E-state index < -0.39 is 8.32 Å². The lowest BCUT2D eigenvalue weighted by atomic mass is 9.43. The molecule has 3 rings (SSSR count). The third kappa shape index (κ3) is 3.89. The van der Waals surface area contributed by atoms with Crippen LogP contribution in [-0.2, 0) is 14.0 Å². The lowest BCUT2D eigenvalue weighted by molar-refractivity contribution is -0.169. The highest BCUT2D eigenvalue weighted by molar-refractivity contribution is 6.77. The molecule has 0 aliphatic heterocycles. The van der Waals surface area contributed by atoms with E-state index in [0.29, 0.717) is 65.3 Å². The number of Topliss-reactive ketones (excluding diaryl/α,β-unsaturated/α-hetero) is 1. The van der Waals surface area contributed by atoms with Crippen LogP contribution in [0, 0.1) is 34.5 Å². The highest BCUT2D eigenvalue weighted by atomic mass is 28.4. The molecule has 0 amide bonds. The van der Waals surface area contributed by atoms with E-state index >= 15 is 0 Å². The Bertz CT molecular complexity index is 679. The summed E-state index contributed by atoms with van der Waals surface area (Å²) < 4.78 is 7.50. The summed E-state index contributed by atoms with van der Waals surface area (Å²) in [6.45, 7) is 21.5. The van der Waals surface area contributed by atoms with Gasteiger partial charge in [-0.2, -0.15) is 0 Å². The first-order valence-electron chi connectivity index (χ1n) is 13.5. The molecule has 0 aromatic rings. The maximum atomic E-state index is 13.0. The van der Waals surface area contributed by atoms with Crippen LogP contribution in [0.5, 0.6) is 0 Å². The summed E-state index contributed by atoms with van der Waals surface area (Å²) in [4.78, 5) is 24.3. The van der Waals surface area contributed by atoms with E-state index in [1.54, 1.807) is 0 Å². The molecule has 3 aliphatic rings. The van der Waals surface area contributed by atoms with Crippen LogP contribution in [0.2, 0.25) is 16.6 Å². The van der Waals surface area contributed by atoms with E-state index in [9.17, 15) is 9.59 Å². The van der Waals surface area contributed by atoms with Gasteiger partial charge in [0.1, 0.15) is 12.1 Å². The van der Waals surface area contributed by atoms with E-state index in [4.69, 9.17) is 4.43 Å². The van der Waals surface area contributed by atoms with E-state index in [1.165, 1.54) is 12.8 Å². The zero-order chi connectivity index (χ0) is 24.1. The van der Waals surface area contributed by atoms with Gasteiger partial charge < -0.3 is 9.22 Å². The van der Waals surface area contributed by atoms with Crippen molar-refractivity contribution < 1.29 is 14.0 Å². The molecule has 32 heavy (non-hydrogen) atoms. The van der Waals surface area contributed by atoms with Gasteiger partial charge in [0.25, 0.3) is 0 Å². The number of hydrogen-bond donors (Lipinski definition) is 0. The number of hydrogen-bond acceptors (Lipinski definition) is 3. The normalized spacial score (nSPS) is 40.1. The molecule has 184 valence electrons. The van der Waals surface area contributed by atoms with Crippen molar-refractivity contribution in [3.05, 3.63) is 0 Å². The summed E-state index contributed by atoms with van der Waals surface area (Å²) in [6.07, 6.45) is 7.90. The SMILES string of the molecule is CC(C)[Si](O[C@@H]1C[C@H]2CC[C@H](C)[C@@H](CCC=O)[C@]2(C)[C@@H]2CC(=O)C[C@@]21C)(C(C)C)C(C)C. The van der Waals surface area contributed by atoms with Crippen molar-refractivity contribution >= 4 is 20.4 Å². The van der Waals surface area contributed by atoms with Crippen molar-refractivity contribution in [3.63, 3.8) is 0 Å². The molecule has 0 spiro atoms. The summed E-state index contributed by atoms with van der Waals surface area (Å²) in [6, 6.07) is 0. The van der Waals surface area contributed by atoms with Crippen LogP contribution in [0.1, 0.15) is 107 Å². The Morgan fingerprint density at radius 3 is 2.19 bits per heavy atom. The van der Waals surface area contributed by atoms with Crippen molar-refractivity contribution in [2.75, 3.05) is 0 Å². The molecule has 0 unspecified atom stereocenters. The number of carbonyl (C=O) groups is 2. The van der Waals surface area contributed by atoms with Crippen LogP contribution in [-0.4, -0.2) is 26.5 Å². The van der Waals surface area contributed by atoms with Crippen molar-refractivity contribution in [3.8, 4) is 0 Å². The van der Waals surface area contributed by atoms with E-state index in [-0.39, 0.29) is 16.9 Å². The smallest absolute Gasteiger partial charge is 0.200 e. The Hall–Kier alpha value is -0.483. The lowest BCUT2D eigenvalue weighted by Gasteiger charge is -2.64. The molecule has 0 aromatic carbocycles. The molecule has 3 fully saturated rings. The van der Waals surface area contributed by atoms with Crippen LogP contribution < -0.4 is 0 Å². The largest absolute Gasteiger partial charge is 0.413 e. The Morgan fingerprint density at radius 1 is 1.06 bits per heavy atom. The van der Waals surface area contributed by atoms with Crippen LogP contribution in [0.15, 0.2) is 0 Å². The molecule has 0 N–H and O–H groups in total. The number of ketones is 1. The molecule has 0 saturated heterocycles. The first kappa shape index (κ1) is 26.1. The molecule has 0 aromatic heterocycles. The molecule has 0 bridgehead atoms. The fraction of sp³-hybridized carbons (Fsp3) is 0.929. The molecule has 3 saturated carbocycles. The second-order valence-electron chi connectivity index (χ2n) is 13.1. The number of fused-ring (bicyclic) bond motifs is 3. The Kier molecular flexibility index (Phi) is 7.58. The summed E-state index contributed by atoms with van der Waals surface area (Å²) in [5.74, 6) is 2.58. The summed E-state index contributed by atoms with van der Waals surface area (Å²) >= 11 is 0.